The Morgan fingerprint density at radius 1 is 1.20 bits per heavy atom. The van der Waals surface area contributed by atoms with Crippen LogP contribution < -0.4 is 10.6 Å². The zero-order valence-corrected chi connectivity index (χ0v) is 12.1. The number of ether oxygens (including phenoxy) is 1. The number of carbonyl (C=O) groups excluding carboxylic acids is 3. The summed E-state index contributed by atoms with van der Waals surface area (Å²) in [5.41, 5.74) is 0. The summed E-state index contributed by atoms with van der Waals surface area (Å²) in [5.74, 6) is -0.766. The second kappa shape index (κ2) is 9.08. The molecule has 7 heteroatoms. The van der Waals surface area contributed by atoms with Gasteiger partial charge in [-0.15, -0.1) is 11.3 Å². The summed E-state index contributed by atoms with van der Waals surface area (Å²) in [6, 6.07) is 3.54. The molecule has 1 heterocycles. The van der Waals surface area contributed by atoms with E-state index in [0.717, 1.165) is 0 Å². The molecule has 1 rings (SSSR count). The van der Waals surface area contributed by atoms with E-state index in [4.69, 9.17) is 4.74 Å². The summed E-state index contributed by atoms with van der Waals surface area (Å²) >= 11 is 1.36. The third-order valence-electron chi connectivity index (χ3n) is 2.34. The van der Waals surface area contributed by atoms with Crippen molar-refractivity contribution < 1.29 is 19.1 Å². The highest BCUT2D eigenvalue weighted by molar-refractivity contribution is 7.12. The molecule has 2 N–H and O–H groups in total. The molecule has 0 atom stereocenters. The van der Waals surface area contributed by atoms with E-state index in [1.165, 1.54) is 11.3 Å². The summed E-state index contributed by atoms with van der Waals surface area (Å²) in [4.78, 5) is 34.6. The summed E-state index contributed by atoms with van der Waals surface area (Å²) in [5, 5.41) is 7.14. The van der Waals surface area contributed by atoms with Crippen LogP contribution in [0.25, 0.3) is 0 Å². The van der Waals surface area contributed by atoms with Crippen molar-refractivity contribution in [2.45, 2.75) is 19.8 Å². The highest BCUT2D eigenvalue weighted by Gasteiger charge is 2.08. The van der Waals surface area contributed by atoms with Gasteiger partial charge in [-0.3, -0.25) is 14.4 Å². The fourth-order valence-corrected chi connectivity index (χ4v) is 2.05. The second-order valence-corrected chi connectivity index (χ2v) is 4.84. The van der Waals surface area contributed by atoms with Gasteiger partial charge in [0.1, 0.15) is 0 Å². The standard InChI is InChI=1S/C13H18N2O4S/c1-2-19-12(17)6-5-11(16)14-7-8-15-13(18)10-4-3-9-20-10/h3-4,9H,2,5-8H2,1H3,(H,14,16)(H,15,18). The number of nitrogens with one attached hydrogen (secondary N) is 2. The molecule has 0 aliphatic carbocycles. The van der Waals surface area contributed by atoms with E-state index < -0.39 is 0 Å². The van der Waals surface area contributed by atoms with E-state index in [2.05, 4.69) is 10.6 Å². The van der Waals surface area contributed by atoms with Gasteiger partial charge in [0.25, 0.3) is 5.91 Å². The molecular formula is C13H18N2O4S. The van der Waals surface area contributed by atoms with Crippen molar-refractivity contribution in [3.8, 4) is 0 Å². The SMILES string of the molecule is CCOC(=O)CCC(=O)NCCNC(=O)c1cccs1. The van der Waals surface area contributed by atoms with Gasteiger partial charge in [0.2, 0.25) is 5.91 Å². The normalized spacial score (nSPS) is 9.85. The van der Waals surface area contributed by atoms with Crippen LogP contribution in [0.2, 0.25) is 0 Å². The molecule has 0 aliphatic rings. The first-order chi connectivity index (χ1) is 9.63. The van der Waals surface area contributed by atoms with Crippen molar-refractivity contribution in [3.63, 3.8) is 0 Å². The molecule has 0 unspecified atom stereocenters. The Balaban J connectivity index is 2.07. The maximum atomic E-state index is 11.6. The van der Waals surface area contributed by atoms with Crippen molar-refractivity contribution in [3.05, 3.63) is 22.4 Å². The van der Waals surface area contributed by atoms with Gasteiger partial charge in [0.05, 0.1) is 17.9 Å². The predicted octanol–water partition coefficient (Wildman–Crippen LogP) is 0.937. The Bertz CT molecular complexity index is 445. The van der Waals surface area contributed by atoms with Gasteiger partial charge in [0.15, 0.2) is 0 Å². The first kappa shape index (κ1) is 16.2. The number of rotatable bonds is 8. The zero-order valence-electron chi connectivity index (χ0n) is 11.3. The van der Waals surface area contributed by atoms with E-state index in [-0.39, 0.29) is 30.6 Å². The van der Waals surface area contributed by atoms with Crippen LogP contribution in [0.4, 0.5) is 0 Å². The molecule has 6 nitrogen and oxygen atoms in total. The summed E-state index contributed by atoms with van der Waals surface area (Å²) in [7, 11) is 0. The molecule has 110 valence electrons. The lowest BCUT2D eigenvalue weighted by atomic mass is 10.3. The van der Waals surface area contributed by atoms with Gasteiger partial charge in [-0.25, -0.2) is 0 Å². The average Bonchev–Trinajstić information content (AvgIpc) is 2.95. The lowest BCUT2D eigenvalue weighted by Crippen LogP contribution is -2.34. The van der Waals surface area contributed by atoms with Gasteiger partial charge in [0, 0.05) is 19.5 Å². The van der Waals surface area contributed by atoms with Gasteiger partial charge < -0.3 is 15.4 Å². The average molecular weight is 298 g/mol. The van der Waals surface area contributed by atoms with Crippen molar-refractivity contribution >= 4 is 29.1 Å². The number of esters is 1. The largest absolute Gasteiger partial charge is 0.466 e. The first-order valence-electron chi connectivity index (χ1n) is 6.37. The van der Waals surface area contributed by atoms with E-state index >= 15 is 0 Å². The van der Waals surface area contributed by atoms with E-state index in [0.29, 0.717) is 24.6 Å². The molecule has 0 saturated heterocycles. The van der Waals surface area contributed by atoms with Crippen LogP contribution >= 0.6 is 11.3 Å². The summed E-state index contributed by atoms with van der Waals surface area (Å²) in [6.45, 7) is 2.71. The van der Waals surface area contributed by atoms with Gasteiger partial charge in [-0.1, -0.05) is 6.07 Å². The lowest BCUT2D eigenvalue weighted by Gasteiger charge is -2.06. The van der Waals surface area contributed by atoms with E-state index in [1.54, 1.807) is 19.1 Å². The molecule has 0 saturated carbocycles. The van der Waals surface area contributed by atoms with Crippen LogP contribution in [-0.2, 0) is 14.3 Å². The van der Waals surface area contributed by atoms with Gasteiger partial charge in [-0.05, 0) is 18.4 Å². The van der Waals surface area contributed by atoms with Crippen molar-refractivity contribution in [1.82, 2.24) is 10.6 Å². The maximum absolute atomic E-state index is 11.6. The maximum Gasteiger partial charge on any atom is 0.306 e. The van der Waals surface area contributed by atoms with E-state index in [9.17, 15) is 14.4 Å². The van der Waals surface area contributed by atoms with Crippen LogP contribution in [0.3, 0.4) is 0 Å². The van der Waals surface area contributed by atoms with Crippen LogP contribution in [0.1, 0.15) is 29.4 Å². The van der Waals surface area contributed by atoms with Crippen LogP contribution in [0, 0.1) is 0 Å². The number of carbonyl (C=O) groups is 3. The van der Waals surface area contributed by atoms with Crippen molar-refractivity contribution in [2.75, 3.05) is 19.7 Å². The highest BCUT2D eigenvalue weighted by Crippen LogP contribution is 2.07. The lowest BCUT2D eigenvalue weighted by molar-refractivity contribution is -0.144. The molecule has 0 fully saturated rings. The molecule has 2 amide bonds. The zero-order chi connectivity index (χ0) is 14.8. The molecule has 0 radical (unpaired) electrons. The minimum atomic E-state index is -0.381. The topological polar surface area (TPSA) is 84.5 Å². The number of amides is 2. The fourth-order valence-electron chi connectivity index (χ4n) is 1.41. The molecule has 0 aromatic carbocycles. The Morgan fingerprint density at radius 3 is 2.60 bits per heavy atom. The fraction of sp³-hybridized carbons (Fsp3) is 0.462. The predicted molar refractivity (Wildman–Crippen MR) is 75.5 cm³/mol. The van der Waals surface area contributed by atoms with E-state index in [1.807, 2.05) is 5.38 Å². The Labute approximate surface area is 121 Å². The van der Waals surface area contributed by atoms with Crippen LogP contribution in [-0.4, -0.2) is 37.5 Å². The second-order valence-electron chi connectivity index (χ2n) is 3.89. The third kappa shape index (κ3) is 6.33. The Kier molecular flexibility index (Phi) is 7.34. The Morgan fingerprint density at radius 2 is 1.95 bits per heavy atom. The quantitative estimate of drug-likeness (QED) is 0.552. The van der Waals surface area contributed by atoms with Crippen LogP contribution in [0.5, 0.6) is 0 Å². The minimum Gasteiger partial charge on any atom is -0.466 e. The molecule has 0 bridgehead atoms. The molecular weight excluding hydrogens is 280 g/mol. The molecule has 20 heavy (non-hydrogen) atoms. The molecule has 0 aliphatic heterocycles. The monoisotopic (exact) mass is 298 g/mol. The summed E-state index contributed by atoms with van der Waals surface area (Å²) < 4.78 is 4.72. The summed E-state index contributed by atoms with van der Waals surface area (Å²) in [6.07, 6.45) is 0.166. The third-order valence-corrected chi connectivity index (χ3v) is 3.21. The van der Waals surface area contributed by atoms with Gasteiger partial charge >= 0.3 is 5.97 Å². The Hall–Kier alpha value is -1.89. The van der Waals surface area contributed by atoms with Crippen molar-refractivity contribution in [2.24, 2.45) is 0 Å². The number of hydrogen-bond donors (Lipinski definition) is 2. The molecule has 0 spiro atoms. The number of hydrogen-bond acceptors (Lipinski definition) is 5. The van der Waals surface area contributed by atoms with Crippen LogP contribution in [0.15, 0.2) is 17.5 Å². The smallest absolute Gasteiger partial charge is 0.306 e. The minimum absolute atomic E-state index is 0.0707. The van der Waals surface area contributed by atoms with Gasteiger partial charge in [-0.2, -0.15) is 0 Å². The molecule has 1 aromatic rings. The molecule has 1 aromatic heterocycles. The first-order valence-corrected chi connectivity index (χ1v) is 7.25. The van der Waals surface area contributed by atoms with Crippen molar-refractivity contribution in [1.29, 1.82) is 0 Å². The highest BCUT2D eigenvalue weighted by atomic mass is 32.1. The number of thiophene rings is 1.